The second kappa shape index (κ2) is 6.50. The molecule has 0 aliphatic rings. The third kappa shape index (κ3) is 3.91. The second-order valence-electron chi connectivity index (χ2n) is 4.25. The number of carboxylic acids is 2. The van der Waals surface area contributed by atoms with E-state index in [1.165, 1.54) is 19.4 Å². The van der Waals surface area contributed by atoms with Crippen LogP contribution in [-0.4, -0.2) is 37.8 Å². The molecule has 1 heterocycles. The fraction of sp³-hybridized carbons (Fsp3) is 0.500. The van der Waals surface area contributed by atoms with E-state index in [1.807, 2.05) is 0 Å². The molecule has 19 heavy (non-hydrogen) atoms. The van der Waals surface area contributed by atoms with Crippen molar-refractivity contribution in [3.63, 3.8) is 0 Å². The summed E-state index contributed by atoms with van der Waals surface area (Å²) in [4.78, 5) is 28.6. The summed E-state index contributed by atoms with van der Waals surface area (Å²) in [5, 5.41) is 18.1. The van der Waals surface area contributed by atoms with Crippen LogP contribution in [0.2, 0.25) is 0 Å². The lowest BCUT2D eigenvalue weighted by molar-refractivity contribution is -0.150. The van der Waals surface area contributed by atoms with Crippen molar-refractivity contribution in [1.29, 1.82) is 0 Å². The topological polar surface area (TPSA) is 155 Å². The second-order valence-corrected chi connectivity index (χ2v) is 4.25. The van der Waals surface area contributed by atoms with Gasteiger partial charge in [0.1, 0.15) is 0 Å². The van der Waals surface area contributed by atoms with Gasteiger partial charge in [-0.2, -0.15) is 0 Å². The van der Waals surface area contributed by atoms with Crippen LogP contribution < -0.4 is 11.5 Å². The minimum absolute atomic E-state index is 0. The fourth-order valence-electron chi connectivity index (χ4n) is 1.64. The first-order valence-electron chi connectivity index (χ1n) is 5.28. The number of imidazole rings is 1. The molecule has 2 atom stereocenters. The normalized spacial score (nSPS) is 14.3. The molecule has 1 aromatic rings. The molecule has 0 aliphatic carbocycles. The smallest absolute Gasteiger partial charge is 0.338 e. The Balaban J connectivity index is 0.00000324. The molecular weight excluding hydrogens is 276 g/mol. The number of hydrogen-bond donors (Lipinski definition) is 5. The van der Waals surface area contributed by atoms with Crippen molar-refractivity contribution >= 4 is 24.3 Å². The highest BCUT2D eigenvalue weighted by molar-refractivity contribution is 5.85. The van der Waals surface area contributed by atoms with Crippen molar-refractivity contribution in [3.05, 3.63) is 18.2 Å². The molecule has 8 nitrogen and oxygen atoms in total. The number of carboxylic acid groups (broad SMARTS) is 2. The zero-order valence-corrected chi connectivity index (χ0v) is 11.1. The summed E-state index contributed by atoms with van der Waals surface area (Å²) >= 11 is 0. The van der Waals surface area contributed by atoms with Crippen LogP contribution in [0.3, 0.4) is 0 Å². The SMILES string of the molecule is CC(C(Cc1cnc[nH]1)C(=O)O)C(N)(N)C(=O)O.Cl. The van der Waals surface area contributed by atoms with E-state index in [2.05, 4.69) is 9.97 Å². The Morgan fingerprint density at radius 3 is 2.42 bits per heavy atom. The standard InChI is InChI=1S/C10H16N4O4.ClH/c1-5(10(11,12)9(17)18)7(8(15)16)2-6-3-13-4-14-6;/h3-5,7H,2,11-12H2,1H3,(H,13,14)(H,15,16)(H,17,18);1H. The van der Waals surface area contributed by atoms with Crippen molar-refractivity contribution in [2.45, 2.75) is 19.0 Å². The van der Waals surface area contributed by atoms with E-state index in [1.54, 1.807) is 0 Å². The third-order valence-corrected chi connectivity index (χ3v) is 3.04. The Bertz CT molecular complexity index is 435. The van der Waals surface area contributed by atoms with E-state index in [0.717, 1.165) is 0 Å². The van der Waals surface area contributed by atoms with Gasteiger partial charge in [-0.25, -0.2) is 9.78 Å². The molecule has 0 saturated heterocycles. The maximum absolute atomic E-state index is 11.2. The predicted molar refractivity (Wildman–Crippen MR) is 68.6 cm³/mol. The molecule has 2 unspecified atom stereocenters. The Morgan fingerprint density at radius 1 is 1.47 bits per heavy atom. The van der Waals surface area contributed by atoms with Crippen molar-refractivity contribution in [2.24, 2.45) is 23.3 Å². The van der Waals surface area contributed by atoms with Crippen LogP contribution in [0, 0.1) is 11.8 Å². The molecule has 0 amide bonds. The van der Waals surface area contributed by atoms with E-state index >= 15 is 0 Å². The first-order valence-corrected chi connectivity index (χ1v) is 5.28. The summed E-state index contributed by atoms with van der Waals surface area (Å²) in [7, 11) is 0. The largest absolute Gasteiger partial charge is 0.481 e. The number of nitrogens with one attached hydrogen (secondary N) is 1. The number of aromatic nitrogens is 2. The molecule has 9 heteroatoms. The van der Waals surface area contributed by atoms with Gasteiger partial charge in [0, 0.05) is 24.2 Å². The number of carbonyl (C=O) groups is 2. The molecule has 108 valence electrons. The molecular formula is C10H17ClN4O4. The first-order chi connectivity index (χ1) is 8.26. The van der Waals surface area contributed by atoms with Crippen LogP contribution in [0.5, 0.6) is 0 Å². The Kier molecular flexibility index (Phi) is 5.94. The van der Waals surface area contributed by atoms with Crippen LogP contribution in [-0.2, 0) is 16.0 Å². The Hall–Kier alpha value is -1.64. The van der Waals surface area contributed by atoms with Crippen molar-refractivity contribution < 1.29 is 19.8 Å². The van der Waals surface area contributed by atoms with Crippen LogP contribution in [0.1, 0.15) is 12.6 Å². The lowest BCUT2D eigenvalue weighted by Gasteiger charge is -2.31. The number of aromatic amines is 1. The summed E-state index contributed by atoms with van der Waals surface area (Å²) < 4.78 is 0. The van der Waals surface area contributed by atoms with E-state index in [0.29, 0.717) is 5.69 Å². The van der Waals surface area contributed by atoms with Gasteiger partial charge in [0.25, 0.3) is 0 Å². The summed E-state index contributed by atoms with van der Waals surface area (Å²) in [6.07, 6.45) is 2.96. The van der Waals surface area contributed by atoms with Gasteiger partial charge in [-0.3, -0.25) is 4.79 Å². The van der Waals surface area contributed by atoms with Gasteiger partial charge < -0.3 is 26.7 Å². The van der Waals surface area contributed by atoms with Gasteiger partial charge >= 0.3 is 11.9 Å². The van der Waals surface area contributed by atoms with E-state index < -0.39 is 29.4 Å². The molecule has 7 N–H and O–H groups in total. The maximum Gasteiger partial charge on any atom is 0.338 e. The number of rotatable bonds is 6. The Morgan fingerprint density at radius 2 is 2.05 bits per heavy atom. The van der Waals surface area contributed by atoms with Gasteiger partial charge in [-0.15, -0.1) is 12.4 Å². The molecule has 0 aliphatic heterocycles. The molecule has 0 spiro atoms. The van der Waals surface area contributed by atoms with E-state index in [-0.39, 0.29) is 18.8 Å². The summed E-state index contributed by atoms with van der Waals surface area (Å²) in [6, 6.07) is 0. The van der Waals surface area contributed by atoms with Gasteiger partial charge in [0.2, 0.25) is 0 Å². The quantitative estimate of drug-likeness (QED) is 0.439. The molecule has 1 aromatic heterocycles. The zero-order chi connectivity index (χ0) is 13.9. The van der Waals surface area contributed by atoms with Gasteiger partial charge in [-0.1, -0.05) is 6.92 Å². The highest BCUT2D eigenvalue weighted by atomic mass is 35.5. The molecule has 0 radical (unpaired) electrons. The van der Waals surface area contributed by atoms with E-state index in [4.69, 9.17) is 21.7 Å². The molecule has 0 fully saturated rings. The molecule has 0 aromatic carbocycles. The van der Waals surface area contributed by atoms with Crippen LogP contribution in [0.4, 0.5) is 0 Å². The minimum Gasteiger partial charge on any atom is -0.481 e. The highest BCUT2D eigenvalue weighted by Gasteiger charge is 2.43. The number of nitrogens with two attached hydrogens (primary N) is 2. The zero-order valence-electron chi connectivity index (χ0n) is 10.2. The maximum atomic E-state index is 11.2. The number of H-pyrrole nitrogens is 1. The average Bonchev–Trinajstić information content (AvgIpc) is 2.76. The van der Waals surface area contributed by atoms with Crippen LogP contribution >= 0.6 is 12.4 Å². The third-order valence-electron chi connectivity index (χ3n) is 3.04. The van der Waals surface area contributed by atoms with Crippen molar-refractivity contribution in [2.75, 3.05) is 0 Å². The summed E-state index contributed by atoms with van der Waals surface area (Å²) in [5.74, 6) is -4.56. The lowest BCUT2D eigenvalue weighted by atomic mass is 9.81. The average molecular weight is 293 g/mol. The van der Waals surface area contributed by atoms with Gasteiger partial charge in [-0.05, 0) is 0 Å². The lowest BCUT2D eigenvalue weighted by Crippen LogP contribution is -2.63. The predicted octanol–water partition coefficient (Wildman–Crippen LogP) is -0.591. The van der Waals surface area contributed by atoms with Crippen molar-refractivity contribution in [1.82, 2.24) is 9.97 Å². The van der Waals surface area contributed by atoms with Crippen LogP contribution in [0.25, 0.3) is 0 Å². The highest BCUT2D eigenvalue weighted by Crippen LogP contribution is 2.23. The summed E-state index contributed by atoms with van der Waals surface area (Å²) in [6.45, 7) is 1.41. The fourth-order valence-corrected chi connectivity index (χ4v) is 1.64. The number of nitrogens with zero attached hydrogens (tertiary/aromatic N) is 1. The number of halogens is 1. The molecule has 1 rings (SSSR count). The summed E-state index contributed by atoms with van der Waals surface area (Å²) in [5.41, 5.74) is 9.40. The van der Waals surface area contributed by atoms with Gasteiger partial charge in [0.05, 0.1) is 12.2 Å². The van der Waals surface area contributed by atoms with Gasteiger partial charge in [0.15, 0.2) is 5.66 Å². The Labute approximate surface area is 115 Å². The van der Waals surface area contributed by atoms with E-state index in [9.17, 15) is 9.59 Å². The number of hydrogen-bond acceptors (Lipinski definition) is 5. The molecule has 0 bridgehead atoms. The monoisotopic (exact) mass is 292 g/mol. The van der Waals surface area contributed by atoms with Crippen molar-refractivity contribution in [3.8, 4) is 0 Å². The minimum atomic E-state index is -2.09. The van der Waals surface area contributed by atoms with Crippen LogP contribution in [0.15, 0.2) is 12.5 Å². The first kappa shape index (κ1) is 17.4. The molecule has 0 saturated carbocycles. The number of aliphatic carboxylic acids is 2.